The van der Waals surface area contributed by atoms with Crippen LogP contribution in [0.3, 0.4) is 0 Å². The van der Waals surface area contributed by atoms with E-state index in [9.17, 15) is 0 Å². The summed E-state index contributed by atoms with van der Waals surface area (Å²) in [5.41, 5.74) is 2.81. The molecule has 3 aromatic heterocycles. The number of hydrogen-bond donors (Lipinski definition) is 0. The number of aromatic nitrogens is 7. The number of benzene rings is 1. The van der Waals surface area contributed by atoms with Crippen molar-refractivity contribution in [1.29, 1.82) is 0 Å². The Balaban J connectivity index is 1.73. The standard InChI is InChI=1S/C19H21N7O/c1-3-4-8-15-11-17(27-12-16-20-13-21-25(16)2)24-26-18(22-23-19(15)26)14-9-6-5-7-10-14/h5-7,9-11,13H,3-4,8,12H2,1-2H3. The van der Waals surface area contributed by atoms with Crippen LogP contribution < -0.4 is 4.74 Å². The van der Waals surface area contributed by atoms with E-state index in [2.05, 4.69) is 32.3 Å². The number of rotatable bonds is 7. The van der Waals surface area contributed by atoms with Crippen molar-refractivity contribution in [3.05, 3.63) is 54.1 Å². The lowest BCUT2D eigenvalue weighted by atomic mass is 10.1. The molecule has 0 saturated heterocycles. The molecule has 4 aromatic rings. The molecule has 0 spiro atoms. The summed E-state index contributed by atoms with van der Waals surface area (Å²) >= 11 is 0. The molecule has 1 aromatic carbocycles. The van der Waals surface area contributed by atoms with E-state index in [4.69, 9.17) is 4.74 Å². The van der Waals surface area contributed by atoms with Gasteiger partial charge in [0.1, 0.15) is 12.9 Å². The minimum Gasteiger partial charge on any atom is -0.468 e. The highest BCUT2D eigenvalue weighted by atomic mass is 16.5. The van der Waals surface area contributed by atoms with Gasteiger partial charge in [-0.15, -0.1) is 15.3 Å². The molecule has 0 radical (unpaired) electrons. The average Bonchev–Trinajstić information content (AvgIpc) is 3.31. The summed E-state index contributed by atoms with van der Waals surface area (Å²) < 4.78 is 9.36. The highest BCUT2D eigenvalue weighted by Gasteiger charge is 2.15. The van der Waals surface area contributed by atoms with Crippen LogP contribution in [0.2, 0.25) is 0 Å². The van der Waals surface area contributed by atoms with E-state index < -0.39 is 0 Å². The third-order valence-electron chi connectivity index (χ3n) is 4.41. The van der Waals surface area contributed by atoms with Gasteiger partial charge in [-0.2, -0.15) is 9.61 Å². The Morgan fingerprint density at radius 1 is 1.11 bits per heavy atom. The minimum atomic E-state index is 0.297. The molecule has 138 valence electrons. The largest absolute Gasteiger partial charge is 0.468 e. The molecule has 0 unspecified atom stereocenters. The second kappa shape index (κ2) is 7.53. The van der Waals surface area contributed by atoms with Gasteiger partial charge in [-0.25, -0.2) is 4.98 Å². The Kier molecular flexibility index (Phi) is 4.78. The van der Waals surface area contributed by atoms with Gasteiger partial charge in [0.15, 0.2) is 17.3 Å². The maximum atomic E-state index is 5.91. The van der Waals surface area contributed by atoms with Crippen LogP contribution in [-0.2, 0) is 20.1 Å². The number of nitrogens with zero attached hydrogens (tertiary/aromatic N) is 7. The molecule has 8 heteroatoms. The first kappa shape index (κ1) is 17.1. The van der Waals surface area contributed by atoms with Crippen molar-refractivity contribution in [3.8, 4) is 17.3 Å². The summed E-state index contributed by atoms with van der Waals surface area (Å²) in [7, 11) is 1.84. The van der Waals surface area contributed by atoms with Gasteiger partial charge in [0.05, 0.1) is 0 Å². The predicted octanol–water partition coefficient (Wildman–Crippen LogP) is 2.84. The molecule has 0 amide bonds. The second-order valence-corrected chi connectivity index (χ2v) is 6.32. The minimum absolute atomic E-state index is 0.297. The number of ether oxygens (including phenoxy) is 1. The van der Waals surface area contributed by atoms with E-state index in [1.165, 1.54) is 6.33 Å². The van der Waals surface area contributed by atoms with Gasteiger partial charge in [-0.1, -0.05) is 43.7 Å². The molecule has 0 bridgehead atoms. The summed E-state index contributed by atoms with van der Waals surface area (Å²) in [6.07, 6.45) is 4.57. The molecule has 0 fully saturated rings. The fraction of sp³-hybridized carbons (Fsp3) is 0.316. The molecule has 0 aliphatic heterocycles. The highest BCUT2D eigenvalue weighted by molar-refractivity contribution is 5.60. The van der Waals surface area contributed by atoms with Gasteiger partial charge < -0.3 is 4.74 Å². The lowest BCUT2D eigenvalue weighted by Crippen LogP contribution is -2.08. The molecule has 3 heterocycles. The van der Waals surface area contributed by atoms with Crippen molar-refractivity contribution in [3.63, 3.8) is 0 Å². The molecule has 8 nitrogen and oxygen atoms in total. The van der Waals surface area contributed by atoms with Crippen molar-refractivity contribution in [2.24, 2.45) is 7.05 Å². The van der Waals surface area contributed by atoms with Gasteiger partial charge in [0.2, 0.25) is 5.88 Å². The van der Waals surface area contributed by atoms with Crippen molar-refractivity contribution >= 4 is 5.65 Å². The van der Waals surface area contributed by atoms with Crippen molar-refractivity contribution in [1.82, 2.24) is 34.6 Å². The van der Waals surface area contributed by atoms with Crippen LogP contribution >= 0.6 is 0 Å². The zero-order valence-corrected chi connectivity index (χ0v) is 15.4. The fourth-order valence-corrected chi connectivity index (χ4v) is 2.89. The maximum Gasteiger partial charge on any atom is 0.232 e. The molecular weight excluding hydrogens is 342 g/mol. The van der Waals surface area contributed by atoms with Gasteiger partial charge in [-0.3, -0.25) is 4.68 Å². The quantitative estimate of drug-likeness (QED) is 0.502. The average molecular weight is 363 g/mol. The molecular formula is C19H21N7O. The maximum absolute atomic E-state index is 5.91. The molecule has 0 atom stereocenters. The first-order valence-corrected chi connectivity index (χ1v) is 9.02. The Labute approximate surface area is 156 Å². The summed E-state index contributed by atoms with van der Waals surface area (Å²) in [5.74, 6) is 1.96. The van der Waals surface area contributed by atoms with Crippen molar-refractivity contribution in [2.75, 3.05) is 0 Å². The monoisotopic (exact) mass is 363 g/mol. The van der Waals surface area contributed by atoms with Crippen LogP contribution in [0.25, 0.3) is 17.0 Å². The summed E-state index contributed by atoms with van der Waals surface area (Å²) in [4.78, 5) is 4.19. The SMILES string of the molecule is CCCCc1cc(OCc2ncnn2C)nn2c(-c3ccccc3)nnc12. The summed E-state index contributed by atoms with van der Waals surface area (Å²) in [6.45, 7) is 2.47. The first-order chi connectivity index (χ1) is 13.3. The summed E-state index contributed by atoms with van der Waals surface area (Å²) in [6, 6.07) is 11.9. The van der Waals surface area contributed by atoms with Gasteiger partial charge >= 0.3 is 0 Å². The van der Waals surface area contributed by atoms with Gasteiger partial charge in [-0.05, 0) is 12.8 Å². The van der Waals surface area contributed by atoms with Gasteiger partial charge in [0.25, 0.3) is 0 Å². The van der Waals surface area contributed by atoms with E-state index in [-0.39, 0.29) is 0 Å². The number of hydrogen-bond acceptors (Lipinski definition) is 6. The summed E-state index contributed by atoms with van der Waals surface area (Å²) in [5, 5.41) is 17.4. The first-order valence-electron chi connectivity index (χ1n) is 9.02. The Hall–Kier alpha value is -3.29. The Morgan fingerprint density at radius 3 is 2.70 bits per heavy atom. The van der Waals surface area contributed by atoms with Crippen LogP contribution in [-0.4, -0.2) is 34.6 Å². The van der Waals surface area contributed by atoms with E-state index in [0.717, 1.165) is 41.9 Å². The number of aryl methyl sites for hydroxylation is 2. The molecule has 0 aliphatic carbocycles. The molecule has 27 heavy (non-hydrogen) atoms. The molecule has 0 saturated carbocycles. The topological polar surface area (TPSA) is 83.0 Å². The third-order valence-corrected chi connectivity index (χ3v) is 4.41. The molecule has 0 aliphatic rings. The smallest absolute Gasteiger partial charge is 0.232 e. The van der Waals surface area contributed by atoms with Crippen LogP contribution in [0.4, 0.5) is 0 Å². The van der Waals surface area contributed by atoms with Crippen LogP contribution in [0.1, 0.15) is 31.2 Å². The fourth-order valence-electron chi connectivity index (χ4n) is 2.89. The van der Waals surface area contributed by atoms with Crippen LogP contribution in [0.5, 0.6) is 5.88 Å². The number of fused-ring (bicyclic) bond motifs is 1. The van der Waals surface area contributed by atoms with Crippen molar-refractivity contribution in [2.45, 2.75) is 32.8 Å². The van der Waals surface area contributed by atoms with Crippen molar-refractivity contribution < 1.29 is 4.74 Å². The highest BCUT2D eigenvalue weighted by Crippen LogP contribution is 2.23. The zero-order chi connectivity index (χ0) is 18.6. The van der Waals surface area contributed by atoms with E-state index in [1.807, 2.05) is 43.4 Å². The van der Waals surface area contributed by atoms with E-state index in [1.54, 1.807) is 9.20 Å². The molecule has 0 N–H and O–H groups in total. The zero-order valence-electron chi connectivity index (χ0n) is 15.4. The predicted molar refractivity (Wildman–Crippen MR) is 100 cm³/mol. The van der Waals surface area contributed by atoms with Crippen LogP contribution in [0.15, 0.2) is 42.7 Å². The lowest BCUT2D eigenvalue weighted by molar-refractivity contribution is 0.274. The van der Waals surface area contributed by atoms with Gasteiger partial charge in [0, 0.05) is 24.2 Å². The number of unbranched alkanes of at least 4 members (excludes halogenated alkanes) is 1. The Bertz CT molecular complexity index is 1040. The van der Waals surface area contributed by atoms with E-state index >= 15 is 0 Å². The molecule has 4 rings (SSSR count). The van der Waals surface area contributed by atoms with E-state index in [0.29, 0.717) is 18.3 Å². The Morgan fingerprint density at radius 2 is 1.96 bits per heavy atom. The normalized spacial score (nSPS) is 11.2. The second-order valence-electron chi connectivity index (χ2n) is 6.32. The third kappa shape index (κ3) is 3.51. The van der Waals surface area contributed by atoms with Crippen LogP contribution in [0, 0.1) is 0 Å². The lowest BCUT2D eigenvalue weighted by Gasteiger charge is -2.09.